The maximum Gasteiger partial charge on any atom is 0.343 e. The van der Waals surface area contributed by atoms with Gasteiger partial charge >= 0.3 is 6.67 Å². The van der Waals surface area contributed by atoms with E-state index in [1.165, 1.54) is 0 Å². The van der Waals surface area contributed by atoms with Crippen molar-refractivity contribution in [3.8, 4) is 0 Å². The minimum absolute atomic E-state index is 0.818. The lowest BCUT2D eigenvalue weighted by molar-refractivity contribution is -0.913. The number of nitrogens with zero attached hydrogens (tertiary/aromatic N) is 2. The van der Waals surface area contributed by atoms with Crippen LogP contribution in [0.5, 0.6) is 0 Å². The third-order valence-electron chi connectivity index (χ3n) is 2.87. The minimum atomic E-state index is 0.818. The van der Waals surface area contributed by atoms with E-state index < -0.39 is 0 Å². The molecule has 0 amide bonds. The fraction of sp³-hybridized carbons (Fsp3) is 0.333. The van der Waals surface area contributed by atoms with Gasteiger partial charge in [0.15, 0.2) is 24.8 Å². The van der Waals surface area contributed by atoms with E-state index in [0.717, 1.165) is 31.1 Å². The van der Waals surface area contributed by atoms with E-state index >= 15 is 0 Å². The van der Waals surface area contributed by atoms with Crippen molar-refractivity contribution in [2.75, 3.05) is 23.7 Å². The Morgan fingerprint density at radius 1 is 0.737 bits per heavy atom. The summed E-state index contributed by atoms with van der Waals surface area (Å²) in [5.41, 5.74) is 2.32. The zero-order valence-electron chi connectivity index (χ0n) is 11.6. The Morgan fingerprint density at radius 2 is 1.11 bits per heavy atom. The minimum Gasteiger partial charge on any atom is -0.385 e. The normalized spacial score (nSPS) is 10.2. The summed E-state index contributed by atoms with van der Waals surface area (Å²) in [6.45, 7) is 6.92. The molecule has 0 saturated carbocycles. The second-order valence-electron chi connectivity index (χ2n) is 4.40. The maximum absolute atomic E-state index is 3.29. The highest BCUT2D eigenvalue weighted by molar-refractivity contribution is 5.39. The molecule has 0 radical (unpaired) electrons. The van der Waals surface area contributed by atoms with E-state index in [9.17, 15) is 0 Å². The molecule has 0 unspecified atom stereocenters. The zero-order chi connectivity index (χ0) is 13.5. The summed E-state index contributed by atoms with van der Waals surface area (Å²) in [5, 5.41) is 6.58. The maximum atomic E-state index is 3.29. The summed E-state index contributed by atoms with van der Waals surface area (Å²) in [5.74, 6) is 0. The van der Waals surface area contributed by atoms with Gasteiger partial charge in [-0.25, -0.2) is 0 Å². The van der Waals surface area contributed by atoms with Crippen LogP contribution in [-0.2, 0) is 6.67 Å². The molecule has 19 heavy (non-hydrogen) atoms. The molecular weight excluding hydrogens is 236 g/mol. The molecule has 2 heterocycles. The van der Waals surface area contributed by atoms with Gasteiger partial charge in [0.25, 0.3) is 0 Å². The van der Waals surface area contributed by atoms with Gasteiger partial charge < -0.3 is 10.6 Å². The first-order valence-corrected chi connectivity index (χ1v) is 6.77. The molecule has 2 rings (SSSR count). The van der Waals surface area contributed by atoms with Crippen molar-refractivity contribution in [3.63, 3.8) is 0 Å². The first kappa shape index (κ1) is 13.3. The third-order valence-corrected chi connectivity index (χ3v) is 2.87. The second-order valence-corrected chi connectivity index (χ2v) is 4.40. The van der Waals surface area contributed by atoms with Crippen LogP contribution < -0.4 is 19.8 Å². The van der Waals surface area contributed by atoms with Crippen molar-refractivity contribution in [2.45, 2.75) is 20.5 Å². The van der Waals surface area contributed by atoms with Crippen molar-refractivity contribution in [1.82, 2.24) is 0 Å². The van der Waals surface area contributed by atoms with Crippen molar-refractivity contribution in [1.29, 1.82) is 0 Å². The Morgan fingerprint density at radius 3 is 1.42 bits per heavy atom. The number of hydrogen-bond acceptors (Lipinski definition) is 2. The summed E-state index contributed by atoms with van der Waals surface area (Å²) < 4.78 is 4.29. The molecule has 0 aromatic carbocycles. The molecule has 4 nitrogen and oxygen atoms in total. The lowest BCUT2D eigenvalue weighted by atomic mass is 10.4. The Bertz CT molecular complexity index is 443. The van der Waals surface area contributed by atoms with Crippen LogP contribution in [0.3, 0.4) is 0 Å². The standard InChI is InChI=1S/C15H20N4/c1-3-16-14-5-9-18(10-6-14)13-19-11-7-15(8-12-19)17-4-2/h5-12H,3-4,13H2,1-2H3/p+2. The fourth-order valence-corrected chi connectivity index (χ4v) is 1.94. The molecule has 0 saturated heterocycles. The highest BCUT2D eigenvalue weighted by Gasteiger charge is 2.07. The van der Waals surface area contributed by atoms with Gasteiger partial charge in [-0.15, -0.1) is 9.13 Å². The molecule has 100 valence electrons. The predicted octanol–water partition coefficient (Wildman–Crippen LogP) is 1.63. The van der Waals surface area contributed by atoms with Crippen LogP contribution in [0.15, 0.2) is 49.1 Å². The van der Waals surface area contributed by atoms with Crippen molar-refractivity contribution in [2.24, 2.45) is 0 Å². The first-order chi connectivity index (χ1) is 9.31. The summed E-state index contributed by atoms with van der Waals surface area (Å²) >= 11 is 0. The molecule has 0 atom stereocenters. The van der Waals surface area contributed by atoms with Crippen LogP contribution in [-0.4, -0.2) is 13.1 Å². The van der Waals surface area contributed by atoms with Crippen LogP contribution in [0, 0.1) is 0 Å². The molecule has 0 aliphatic carbocycles. The average molecular weight is 258 g/mol. The van der Waals surface area contributed by atoms with E-state index in [1.807, 2.05) is 0 Å². The Labute approximate surface area is 114 Å². The average Bonchev–Trinajstić information content (AvgIpc) is 2.44. The summed E-state index contributed by atoms with van der Waals surface area (Å²) in [6.07, 6.45) is 8.35. The van der Waals surface area contributed by atoms with E-state index in [1.54, 1.807) is 0 Å². The van der Waals surface area contributed by atoms with Gasteiger partial charge in [0, 0.05) is 48.7 Å². The number of pyridine rings is 2. The molecule has 2 aromatic rings. The highest BCUT2D eigenvalue weighted by atomic mass is 15.1. The molecule has 0 spiro atoms. The van der Waals surface area contributed by atoms with Gasteiger partial charge in [0.1, 0.15) is 0 Å². The van der Waals surface area contributed by atoms with E-state index in [0.29, 0.717) is 0 Å². The fourth-order valence-electron chi connectivity index (χ4n) is 1.94. The van der Waals surface area contributed by atoms with Crippen LogP contribution in [0.1, 0.15) is 13.8 Å². The topological polar surface area (TPSA) is 31.8 Å². The van der Waals surface area contributed by atoms with Crippen LogP contribution in [0.2, 0.25) is 0 Å². The summed E-state index contributed by atoms with van der Waals surface area (Å²) in [4.78, 5) is 0. The largest absolute Gasteiger partial charge is 0.385 e. The van der Waals surface area contributed by atoms with Gasteiger partial charge in [0.2, 0.25) is 0 Å². The monoisotopic (exact) mass is 258 g/mol. The number of hydrogen-bond donors (Lipinski definition) is 2. The third kappa shape index (κ3) is 3.95. The lowest BCUT2D eigenvalue weighted by Gasteiger charge is -2.01. The molecule has 0 bridgehead atoms. The van der Waals surface area contributed by atoms with Crippen LogP contribution >= 0.6 is 0 Å². The first-order valence-electron chi connectivity index (χ1n) is 6.77. The molecule has 0 fully saturated rings. The van der Waals surface area contributed by atoms with Crippen molar-refractivity contribution in [3.05, 3.63) is 49.1 Å². The van der Waals surface area contributed by atoms with Gasteiger partial charge in [-0.1, -0.05) is 0 Å². The van der Waals surface area contributed by atoms with Gasteiger partial charge in [-0.05, 0) is 13.8 Å². The van der Waals surface area contributed by atoms with Crippen LogP contribution in [0.4, 0.5) is 11.4 Å². The van der Waals surface area contributed by atoms with E-state index in [2.05, 4.69) is 82.7 Å². The number of anilines is 2. The molecule has 2 N–H and O–H groups in total. The second kappa shape index (κ2) is 6.73. The number of rotatable bonds is 6. The molecule has 4 heteroatoms. The number of aromatic nitrogens is 2. The van der Waals surface area contributed by atoms with Gasteiger partial charge in [-0.3, -0.25) is 0 Å². The SMILES string of the molecule is CCNc1cc[n+](C[n+]2ccc(NCC)cc2)cc1. The quantitative estimate of drug-likeness (QED) is 0.772. The van der Waals surface area contributed by atoms with Crippen LogP contribution in [0.25, 0.3) is 0 Å². The number of nitrogens with one attached hydrogen (secondary N) is 2. The van der Waals surface area contributed by atoms with E-state index in [4.69, 9.17) is 0 Å². The van der Waals surface area contributed by atoms with Gasteiger partial charge in [-0.2, -0.15) is 0 Å². The Kier molecular flexibility index (Phi) is 4.72. The smallest absolute Gasteiger partial charge is 0.343 e. The van der Waals surface area contributed by atoms with Crippen molar-refractivity contribution >= 4 is 11.4 Å². The zero-order valence-corrected chi connectivity index (χ0v) is 11.6. The van der Waals surface area contributed by atoms with Crippen molar-refractivity contribution < 1.29 is 9.13 Å². The Hall–Kier alpha value is -2.10. The van der Waals surface area contributed by atoms with E-state index in [-0.39, 0.29) is 0 Å². The summed E-state index contributed by atoms with van der Waals surface area (Å²) in [7, 11) is 0. The molecule has 2 aromatic heterocycles. The highest BCUT2D eigenvalue weighted by Crippen LogP contribution is 2.02. The van der Waals surface area contributed by atoms with Gasteiger partial charge in [0.05, 0.1) is 0 Å². The lowest BCUT2D eigenvalue weighted by Crippen LogP contribution is -2.50. The molecule has 0 aliphatic rings. The predicted molar refractivity (Wildman–Crippen MR) is 77.0 cm³/mol. The molecule has 0 aliphatic heterocycles. The summed E-state index contributed by atoms with van der Waals surface area (Å²) in [6, 6.07) is 8.38. The Balaban J connectivity index is 1.99. The molecular formula is C15H22N4+2.